The molecule has 1 amide bonds. The first-order valence-electron chi connectivity index (χ1n) is 11.9. The van der Waals surface area contributed by atoms with Crippen LogP contribution < -0.4 is 10.1 Å². The van der Waals surface area contributed by atoms with E-state index in [1.54, 1.807) is 30.2 Å². The average molecular weight is 531 g/mol. The largest absolute Gasteiger partial charge is 0.496 e. The number of anilines is 1. The minimum absolute atomic E-state index is 0.118. The molecule has 3 heterocycles. The van der Waals surface area contributed by atoms with Gasteiger partial charge in [-0.15, -0.1) is 11.3 Å². The van der Waals surface area contributed by atoms with E-state index >= 15 is 0 Å². The molecule has 0 saturated carbocycles. The lowest BCUT2D eigenvalue weighted by molar-refractivity contribution is 0.0204. The van der Waals surface area contributed by atoms with Crippen molar-refractivity contribution < 1.29 is 19.1 Å². The zero-order chi connectivity index (χ0) is 25.9. The molecule has 4 rings (SSSR count). The SMILES string of the molecule is COc1ccccc1C(=O)n1nc(C2CCN(C(=O)OC(C)(C)C)CC2)cc1NCc1ccc(Cl)s1. The molecule has 8 nitrogen and oxygen atoms in total. The number of ether oxygens (including phenoxy) is 2. The highest BCUT2D eigenvalue weighted by atomic mass is 35.5. The van der Waals surface area contributed by atoms with Crippen LogP contribution >= 0.6 is 22.9 Å². The van der Waals surface area contributed by atoms with Crippen molar-refractivity contribution in [3.8, 4) is 5.75 Å². The predicted octanol–water partition coefficient (Wildman–Crippen LogP) is 6.02. The van der Waals surface area contributed by atoms with Crippen molar-refractivity contribution in [1.29, 1.82) is 0 Å². The van der Waals surface area contributed by atoms with Gasteiger partial charge in [-0.1, -0.05) is 23.7 Å². The van der Waals surface area contributed by atoms with Gasteiger partial charge in [0.15, 0.2) is 0 Å². The molecular formula is C26H31ClN4O4S. The highest BCUT2D eigenvalue weighted by molar-refractivity contribution is 7.16. The summed E-state index contributed by atoms with van der Waals surface area (Å²) in [6, 6.07) is 12.8. The summed E-state index contributed by atoms with van der Waals surface area (Å²) in [6.45, 7) is 7.25. The number of nitrogens with one attached hydrogen (secondary N) is 1. The highest BCUT2D eigenvalue weighted by Gasteiger charge is 2.30. The van der Waals surface area contributed by atoms with Gasteiger partial charge in [-0.05, 0) is 57.9 Å². The zero-order valence-electron chi connectivity index (χ0n) is 20.9. The number of rotatable bonds is 6. The number of piperidine rings is 1. The molecule has 10 heteroatoms. The minimum Gasteiger partial charge on any atom is -0.496 e. The fraction of sp³-hybridized carbons (Fsp3) is 0.423. The molecule has 1 aromatic carbocycles. The van der Waals surface area contributed by atoms with Gasteiger partial charge in [-0.3, -0.25) is 4.79 Å². The number of carbonyl (C=O) groups is 2. The first-order valence-corrected chi connectivity index (χ1v) is 13.1. The normalized spacial score (nSPS) is 14.5. The van der Waals surface area contributed by atoms with Crippen molar-refractivity contribution >= 4 is 40.8 Å². The molecule has 3 aromatic rings. The molecule has 0 unspecified atom stereocenters. The van der Waals surface area contributed by atoms with Gasteiger partial charge in [0.25, 0.3) is 5.91 Å². The van der Waals surface area contributed by atoms with Crippen LogP contribution in [0.4, 0.5) is 10.6 Å². The van der Waals surface area contributed by atoms with E-state index in [2.05, 4.69) is 5.32 Å². The molecule has 0 radical (unpaired) electrons. The Hall–Kier alpha value is -3.04. The van der Waals surface area contributed by atoms with Gasteiger partial charge in [0.2, 0.25) is 0 Å². The van der Waals surface area contributed by atoms with Crippen molar-refractivity contribution in [3.05, 3.63) is 62.9 Å². The maximum absolute atomic E-state index is 13.5. The molecule has 36 heavy (non-hydrogen) atoms. The van der Waals surface area contributed by atoms with Gasteiger partial charge in [-0.25, -0.2) is 4.79 Å². The van der Waals surface area contributed by atoms with Crippen molar-refractivity contribution in [2.75, 3.05) is 25.5 Å². The summed E-state index contributed by atoms with van der Waals surface area (Å²) in [7, 11) is 1.54. The Labute approximate surface area is 220 Å². The van der Waals surface area contributed by atoms with Gasteiger partial charge in [0.05, 0.1) is 29.2 Å². The molecule has 1 N–H and O–H groups in total. The number of likely N-dealkylation sites (tertiary alicyclic amines) is 1. The summed E-state index contributed by atoms with van der Waals surface area (Å²) >= 11 is 7.56. The summed E-state index contributed by atoms with van der Waals surface area (Å²) in [5, 5.41) is 8.07. The molecule has 0 atom stereocenters. The lowest BCUT2D eigenvalue weighted by atomic mass is 9.94. The molecule has 1 aliphatic heterocycles. The maximum Gasteiger partial charge on any atom is 0.410 e. The lowest BCUT2D eigenvalue weighted by Crippen LogP contribution is -2.41. The number of amides is 1. The van der Waals surface area contributed by atoms with E-state index < -0.39 is 5.60 Å². The topological polar surface area (TPSA) is 85.7 Å². The van der Waals surface area contributed by atoms with Crippen molar-refractivity contribution in [2.24, 2.45) is 0 Å². The molecule has 0 bridgehead atoms. The summed E-state index contributed by atoms with van der Waals surface area (Å²) < 4.78 is 13.0. The van der Waals surface area contributed by atoms with Gasteiger partial charge in [-0.2, -0.15) is 9.78 Å². The fourth-order valence-corrected chi connectivity index (χ4v) is 5.15. The fourth-order valence-electron chi connectivity index (χ4n) is 4.12. The molecule has 1 saturated heterocycles. The van der Waals surface area contributed by atoms with Gasteiger partial charge >= 0.3 is 6.09 Å². The zero-order valence-corrected chi connectivity index (χ0v) is 22.5. The van der Waals surface area contributed by atoms with Crippen LogP contribution in [0.5, 0.6) is 5.75 Å². The third-order valence-corrected chi connectivity index (χ3v) is 7.13. The summed E-state index contributed by atoms with van der Waals surface area (Å²) in [5.74, 6) is 0.921. The standard InChI is InChI=1S/C26H31ClN4O4S/c1-26(2,3)35-25(33)30-13-11-17(12-14-30)20-15-23(28-16-18-9-10-22(27)36-18)31(29-20)24(32)19-7-5-6-8-21(19)34-4/h5-10,15,17,28H,11-14,16H2,1-4H3. The Morgan fingerprint density at radius 1 is 1.17 bits per heavy atom. The third kappa shape index (κ3) is 6.20. The van der Waals surface area contributed by atoms with E-state index in [1.807, 2.05) is 45.0 Å². The molecule has 0 spiro atoms. The second-order valence-electron chi connectivity index (χ2n) is 9.67. The second-order valence-corrected chi connectivity index (χ2v) is 11.5. The number of halogens is 1. The first-order chi connectivity index (χ1) is 17.1. The number of hydrogen-bond donors (Lipinski definition) is 1. The van der Waals surface area contributed by atoms with Crippen LogP contribution in [0.2, 0.25) is 4.34 Å². The van der Waals surface area contributed by atoms with E-state index in [4.69, 9.17) is 26.2 Å². The Morgan fingerprint density at radius 2 is 1.89 bits per heavy atom. The van der Waals surface area contributed by atoms with Crippen LogP contribution in [0.1, 0.15) is 60.5 Å². The Bertz CT molecular complexity index is 1220. The molecule has 2 aromatic heterocycles. The molecular weight excluding hydrogens is 500 g/mol. The number of nitrogens with zero attached hydrogens (tertiary/aromatic N) is 3. The quantitative estimate of drug-likeness (QED) is 0.419. The van der Waals surface area contributed by atoms with E-state index in [1.165, 1.54) is 16.0 Å². The summed E-state index contributed by atoms with van der Waals surface area (Å²) in [4.78, 5) is 28.8. The van der Waals surface area contributed by atoms with Gasteiger partial charge in [0, 0.05) is 30.0 Å². The van der Waals surface area contributed by atoms with Crippen LogP contribution in [-0.4, -0.2) is 52.5 Å². The Balaban J connectivity index is 1.55. The second kappa shape index (κ2) is 10.9. The van der Waals surface area contributed by atoms with Crippen LogP contribution in [0.15, 0.2) is 42.5 Å². The van der Waals surface area contributed by atoms with Crippen LogP contribution in [0, 0.1) is 0 Å². The van der Waals surface area contributed by atoms with Crippen molar-refractivity contribution in [3.63, 3.8) is 0 Å². The highest BCUT2D eigenvalue weighted by Crippen LogP contribution is 2.31. The molecule has 192 valence electrons. The number of hydrogen-bond acceptors (Lipinski definition) is 7. The molecule has 1 fully saturated rings. The maximum atomic E-state index is 13.5. The van der Waals surface area contributed by atoms with Crippen molar-refractivity contribution in [2.45, 2.75) is 51.7 Å². The Morgan fingerprint density at radius 3 is 2.53 bits per heavy atom. The van der Waals surface area contributed by atoms with Crippen LogP contribution in [0.3, 0.4) is 0 Å². The molecule has 0 aliphatic carbocycles. The lowest BCUT2D eigenvalue weighted by Gasteiger charge is -2.32. The Kier molecular flexibility index (Phi) is 7.90. The van der Waals surface area contributed by atoms with E-state index in [9.17, 15) is 9.59 Å². The van der Waals surface area contributed by atoms with Gasteiger partial charge < -0.3 is 19.7 Å². The number of carbonyl (C=O) groups excluding carboxylic acids is 2. The summed E-state index contributed by atoms with van der Waals surface area (Å²) in [5.41, 5.74) is 0.712. The minimum atomic E-state index is -0.529. The van der Waals surface area contributed by atoms with E-state index in [-0.39, 0.29) is 17.9 Å². The summed E-state index contributed by atoms with van der Waals surface area (Å²) in [6.07, 6.45) is 1.17. The average Bonchev–Trinajstić information content (AvgIpc) is 3.47. The van der Waals surface area contributed by atoms with E-state index in [0.29, 0.717) is 41.1 Å². The number of para-hydroxylation sites is 1. The third-order valence-electron chi connectivity index (χ3n) is 5.90. The van der Waals surface area contributed by atoms with Crippen molar-refractivity contribution in [1.82, 2.24) is 14.7 Å². The number of methoxy groups -OCH3 is 1. The number of thiophene rings is 1. The van der Waals surface area contributed by atoms with Gasteiger partial charge in [0.1, 0.15) is 17.2 Å². The van der Waals surface area contributed by atoms with Crippen LogP contribution in [-0.2, 0) is 11.3 Å². The van der Waals surface area contributed by atoms with E-state index in [0.717, 1.165) is 23.4 Å². The number of benzene rings is 1. The predicted molar refractivity (Wildman–Crippen MR) is 141 cm³/mol. The molecule has 1 aliphatic rings. The first kappa shape index (κ1) is 26.0. The van der Waals surface area contributed by atoms with Crippen LogP contribution in [0.25, 0.3) is 0 Å². The monoisotopic (exact) mass is 530 g/mol. The number of aromatic nitrogens is 2. The smallest absolute Gasteiger partial charge is 0.410 e.